The number of nitrogens with two attached hydrogens (primary N) is 1. The molecule has 0 radical (unpaired) electrons. The third-order valence-corrected chi connectivity index (χ3v) is 1.46. The highest BCUT2D eigenvalue weighted by Crippen LogP contribution is 2.09. The summed E-state index contributed by atoms with van der Waals surface area (Å²) in [6.45, 7) is 1.78. The van der Waals surface area contributed by atoms with Crippen LogP contribution < -0.4 is 8.85 Å². The largest absolute Gasteiger partial charge is 0.368 e. The van der Waals surface area contributed by atoms with Gasteiger partial charge in [0.25, 0.3) is 0 Å². The zero-order chi connectivity index (χ0) is 8.43. The van der Waals surface area contributed by atoms with Gasteiger partial charge in [-0.05, 0) is 6.92 Å². The maximum absolute atomic E-state index is 5.40. The van der Waals surface area contributed by atoms with Gasteiger partial charge in [-0.15, -0.1) is 0 Å². The van der Waals surface area contributed by atoms with Crippen LogP contribution in [0.5, 0.6) is 0 Å². The Morgan fingerprint density at radius 2 is 2.00 bits per heavy atom. The van der Waals surface area contributed by atoms with Gasteiger partial charge in [0.1, 0.15) is 5.82 Å². The van der Waals surface area contributed by atoms with Gasteiger partial charge in [0.05, 0.1) is 22.9 Å². The fourth-order valence-corrected chi connectivity index (χ4v) is 0.842. The molecule has 0 fully saturated rings. The normalized spacial score (nSPS) is 9.73. The second-order valence-corrected chi connectivity index (χ2v) is 3.47. The van der Waals surface area contributed by atoms with Crippen molar-refractivity contribution >= 4 is 34.8 Å². The summed E-state index contributed by atoms with van der Waals surface area (Å²) in [4.78, 5) is 11.8. The second kappa shape index (κ2) is 3.16. The summed E-state index contributed by atoms with van der Waals surface area (Å²) < 4.78 is 1.75. The maximum Gasteiger partial charge on any atom is 0.239 e. The minimum Gasteiger partial charge on any atom is -0.368 e. The molecule has 1 rings (SSSR count). The number of nitrogens with zero attached hydrogens (tertiary/aromatic N) is 4. The Morgan fingerprint density at radius 3 is 2.45 bits per heavy atom. The minimum atomic E-state index is 0.260. The Hall–Kier alpha value is -0.660. The number of anilines is 2. The van der Waals surface area contributed by atoms with E-state index in [0.717, 1.165) is 0 Å². The molecule has 0 aliphatic rings. The van der Waals surface area contributed by atoms with Crippen LogP contribution in [0, 0.1) is 6.92 Å². The predicted octanol–water partition coefficient (Wildman–Crippen LogP) is 0.548. The SMILES string of the molecule is Cc1nc(N)nc(N(C)I)n1. The van der Waals surface area contributed by atoms with E-state index in [9.17, 15) is 0 Å². The van der Waals surface area contributed by atoms with Crippen molar-refractivity contribution in [2.24, 2.45) is 0 Å². The van der Waals surface area contributed by atoms with Gasteiger partial charge in [-0.25, -0.2) is 0 Å². The zero-order valence-electron chi connectivity index (χ0n) is 6.24. The number of rotatable bonds is 1. The molecular formula is C5H8IN5. The molecule has 0 atom stereocenters. The smallest absolute Gasteiger partial charge is 0.239 e. The summed E-state index contributed by atoms with van der Waals surface area (Å²) in [7, 11) is 1.84. The Balaban J connectivity index is 3.08. The molecule has 0 bridgehead atoms. The van der Waals surface area contributed by atoms with Crippen molar-refractivity contribution in [2.75, 3.05) is 15.9 Å². The Kier molecular flexibility index (Phi) is 2.42. The van der Waals surface area contributed by atoms with Crippen LogP contribution in [-0.4, -0.2) is 22.0 Å². The molecule has 0 saturated heterocycles. The van der Waals surface area contributed by atoms with Crippen LogP contribution in [0.3, 0.4) is 0 Å². The molecule has 1 aromatic heterocycles. The molecule has 0 aromatic carbocycles. The highest BCUT2D eigenvalue weighted by Gasteiger charge is 2.02. The van der Waals surface area contributed by atoms with E-state index >= 15 is 0 Å². The first-order valence-electron chi connectivity index (χ1n) is 2.97. The fourth-order valence-electron chi connectivity index (χ4n) is 0.626. The Morgan fingerprint density at radius 1 is 1.36 bits per heavy atom. The molecule has 60 valence electrons. The molecular weight excluding hydrogens is 257 g/mol. The van der Waals surface area contributed by atoms with Gasteiger partial charge in [-0.2, -0.15) is 15.0 Å². The number of nitrogen functional groups attached to an aromatic ring is 1. The molecule has 0 unspecified atom stereocenters. The average molecular weight is 265 g/mol. The Labute approximate surface area is 78.5 Å². The van der Waals surface area contributed by atoms with E-state index in [0.29, 0.717) is 11.8 Å². The van der Waals surface area contributed by atoms with Crippen LogP contribution in [0.25, 0.3) is 0 Å². The van der Waals surface area contributed by atoms with Crippen LogP contribution >= 0.6 is 22.9 Å². The molecule has 0 amide bonds. The zero-order valence-corrected chi connectivity index (χ0v) is 8.40. The van der Waals surface area contributed by atoms with Gasteiger partial charge < -0.3 is 5.73 Å². The van der Waals surface area contributed by atoms with Crippen molar-refractivity contribution in [3.05, 3.63) is 5.82 Å². The molecule has 0 aliphatic carbocycles. The van der Waals surface area contributed by atoms with Gasteiger partial charge in [0, 0.05) is 7.05 Å². The lowest BCUT2D eigenvalue weighted by Gasteiger charge is -2.07. The van der Waals surface area contributed by atoms with E-state index in [1.807, 2.05) is 7.05 Å². The number of aryl methyl sites for hydroxylation is 1. The molecule has 0 aliphatic heterocycles. The van der Waals surface area contributed by atoms with Crippen molar-refractivity contribution in [1.29, 1.82) is 0 Å². The topological polar surface area (TPSA) is 67.9 Å². The molecule has 1 heterocycles. The minimum absolute atomic E-state index is 0.260. The summed E-state index contributed by atoms with van der Waals surface area (Å²) in [6, 6.07) is 0. The van der Waals surface area contributed by atoms with Crippen LogP contribution in [0.15, 0.2) is 0 Å². The molecule has 6 heteroatoms. The highest BCUT2D eigenvalue weighted by atomic mass is 127. The first-order chi connectivity index (χ1) is 5.09. The van der Waals surface area contributed by atoms with Gasteiger partial charge >= 0.3 is 0 Å². The van der Waals surface area contributed by atoms with E-state index < -0.39 is 0 Å². The number of aromatic nitrogens is 3. The van der Waals surface area contributed by atoms with Gasteiger partial charge in [0.15, 0.2) is 0 Å². The van der Waals surface area contributed by atoms with Crippen molar-refractivity contribution in [3.8, 4) is 0 Å². The number of hydrogen-bond donors (Lipinski definition) is 1. The number of hydrogen-bond acceptors (Lipinski definition) is 5. The van der Waals surface area contributed by atoms with E-state index in [2.05, 4.69) is 37.8 Å². The average Bonchev–Trinajstić information content (AvgIpc) is 1.85. The van der Waals surface area contributed by atoms with E-state index in [-0.39, 0.29) is 5.95 Å². The van der Waals surface area contributed by atoms with Crippen LogP contribution in [0.4, 0.5) is 11.9 Å². The third-order valence-electron chi connectivity index (χ3n) is 1.03. The molecule has 2 N–H and O–H groups in total. The molecule has 11 heavy (non-hydrogen) atoms. The standard InChI is InChI=1S/C5H8IN5/c1-3-8-4(7)10-5(9-3)11(2)6/h1-2H3,(H2,7,8,9,10). The molecule has 1 aromatic rings. The first kappa shape index (κ1) is 8.44. The molecule has 0 spiro atoms. The van der Waals surface area contributed by atoms with Crippen molar-refractivity contribution in [1.82, 2.24) is 15.0 Å². The summed E-state index contributed by atoms with van der Waals surface area (Å²) >= 11 is 2.07. The second-order valence-electron chi connectivity index (χ2n) is 2.02. The van der Waals surface area contributed by atoms with Gasteiger partial charge in [-0.1, -0.05) is 0 Å². The third kappa shape index (κ3) is 2.14. The van der Waals surface area contributed by atoms with E-state index in [1.165, 1.54) is 0 Å². The van der Waals surface area contributed by atoms with E-state index in [4.69, 9.17) is 5.73 Å². The number of halogens is 1. The summed E-state index contributed by atoms with van der Waals surface area (Å²) in [5.74, 6) is 1.47. The van der Waals surface area contributed by atoms with E-state index in [1.54, 1.807) is 10.0 Å². The van der Waals surface area contributed by atoms with Gasteiger partial charge in [0.2, 0.25) is 11.9 Å². The quantitative estimate of drug-likeness (QED) is 0.593. The lowest BCUT2D eigenvalue weighted by Crippen LogP contribution is -2.09. The summed E-state index contributed by atoms with van der Waals surface area (Å²) in [5.41, 5.74) is 5.40. The molecule has 0 saturated carbocycles. The molecule has 5 nitrogen and oxygen atoms in total. The lowest BCUT2D eigenvalue weighted by atomic mass is 10.7. The maximum atomic E-state index is 5.40. The van der Waals surface area contributed by atoms with Crippen molar-refractivity contribution in [3.63, 3.8) is 0 Å². The Bertz CT molecular complexity index is 241. The summed E-state index contributed by atoms with van der Waals surface area (Å²) in [5, 5.41) is 0. The highest BCUT2D eigenvalue weighted by molar-refractivity contribution is 14.1. The van der Waals surface area contributed by atoms with Crippen LogP contribution in [0.2, 0.25) is 0 Å². The monoisotopic (exact) mass is 265 g/mol. The van der Waals surface area contributed by atoms with Crippen LogP contribution in [-0.2, 0) is 0 Å². The van der Waals surface area contributed by atoms with Gasteiger partial charge in [-0.3, -0.25) is 3.11 Å². The lowest BCUT2D eigenvalue weighted by molar-refractivity contribution is 0.977. The van der Waals surface area contributed by atoms with Crippen molar-refractivity contribution < 1.29 is 0 Å². The van der Waals surface area contributed by atoms with Crippen LogP contribution in [0.1, 0.15) is 5.82 Å². The predicted molar refractivity (Wildman–Crippen MR) is 51.4 cm³/mol. The summed E-state index contributed by atoms with van der Waals surface area (Å²) in [6.07, 6.45) is 0. The van der Waals surface area contributed by atoms with Crippen molar-refractivity contribution in [2.45, 2.75) is 6.92 Å². The fraction of sp³-hybridized carbons (Fsp3) is 0.400. The first-order valence-corrected chi connectivity index (χ1v) is 3.94.